The molecule has 0 amide bonds. The van der Waals surface area contributed by atoms with Crippen molar-refractivity contribution in [3.05, 3.63) is 95.6 Å². The predicted molar refractivity (Wildman–Crippen MR) is 111 cm³/mol. The third-order valence-electron chi connectivity index (χ3n) is 3.72. The molecule has 0 saturated carbocycles. The minimum Gasteiger partial charge on any atom is -0.335 e. The summed E-state index contributed by atoms with van der Waals surface area (Å²) in [5.74, 6) is 0.879. The minimum atomic E-state index is 0.879. The van der Waals surface area contributed by atoms with Crippen LogP contribution in [-0.2, 0) is 5.75 Å². The van der Waals surface area contributed by atoms with Gasteiger partial charge in [-0.25, -0.2) is 4.99 Å². The summed E-state index contributed by atoms with van der Waals surface area (Å²) in [6.45, 7) is 4.18. The second-order valence-electron chi connectivity index (χ2n) is 6.02. The van der Waals surface area contributed by atoms with Gasteiger partial charge in [-0.05, 0) is 54.8 Å². The lowest BCUT2D eigenvalue weighted by molar-refractivity contribution is 1.41. The number of nitrogens with zero attached hydrogens (tertiary/aromatic N) is 1. The van der Waals surface area contributed by atoms with Crippen LogP contribution < -0.4 is 5.32 Å². The summed E-state index contributed by atoms with van der Waals surface area (Å²) in [6.07, 6.45) is 0. The average Bonchev–Trinajstić information content (AvgIpc) is 2.61. The SMILES string of the molecule is Cc1cccc(N=C(Nc2cccc(C)c2)SCc2ccccc2)c1. The number of anilines is 1. The largest absolute Gasteiger partial charge is 0.335 e. The summed E-state index contributed by atoms with van der Waals surface area (Å²) in [4.78, 5) is 4.83. The molecule has 0 fully saturated rings. The fraction of sp³-hybridized carbons (Fsp3) is 0.136. The number of hydrogen-bond acceptors (Lipinski definition) is 2. The molecule has 3 aromatic rings. The predicted octanol–water partition coefficient (Wildman–Crippen LogP) is 6.34. The Bertz CT molecular complexity index is 857. The van der Waals surface area contributed by atoms with Crippen molar-refractivity contribution >= 4 is 28.3 Å². The number of benzene rings is 3. The smallest absolute Gasteiger partial charge is 0.166 e. The van der Waals surface area contributed by atoms with Crippen LogP contribution in [0.2, 0.25) is 0 Å². The van der Waals surface area contributed by atoms with Crippen molar-refractivity contribution in [2.24, 2.45) is 4.99 Å². The molecule has 0 atom stereocenters. The van der Waals surface area contributed by atoms with E-state index in [1.807, 2.05) is 18.2 Å². The van der Waals surface area contributed by atoms with Crippen LogP contribution in [0.15, 0.2) is 83.9 Å². The first kappa shape index (κ1) is 17.3. The Hall–Kier alpha value is -2.52. The molecule has 0 aliphatic heterocycles. The standard InChI is InChI=1S/C22H22N2S/c1-17-8-6-12-20(14-17)23-22(24-21-13-7-9-18(2)15-21)25-16-19-10-4-3-5-11-19/h3-15H,16H2,1-2H3,(H,23,24). The van der Waals surface area contributed by atoms with E-state index in [4.69, 9.17) is 4.99 Å². The first-order valence-corrected chi connectivity index (χ1v) is 9.33. The molecule has 0 unspecified atom stereocenters. The average molecular weight is 346 g/mol. The summed E-state index contributed by atoms with van der Waals surface area (Å²) in [6, 6.07) is 27.1. The van der Waals surface area contributed by atoms with Gasteiger partial charge in [0, 0.05) is 11.4 Å². The second-order valence-corrected chi connectivity index (χ2v) is 6.99. The third-order valence-corrected chi connectivity index (χ3v) is 4.66. The Balaban J connectivity index is 1.82. The summed E-state index contributed by atoms with van der Waals surface area (Å²) in [5.41, 5.74) is 5.76. The van der Waals surface area contributed by atoms with Gasteiger partial charge in [-0.1, -0.05) is 66.4 Å². The molecule has 0 bridgehead atoms. The number of aryl methyl sites for hydroxylation is 2. The molecule has 25 heavy (non-hydrogen) atoms. The highest BCUT2D eigenvalue weighted by molar-refractivity contribution is 8.13. The molecular weight excluding hydrogens is 324 g/mol. The maximum atomic E-state index is 4.83. The minimum absolute atomic E-state index is 0.879. The number of hydrogen-bond donors (Lipinski definition) is 1. The highest BCUT2D eigenvalue weighted by atomic mass is 32.2. The zero-order valence-corrected chi connectivity index (χ0v) is 15.4. The van der Waals surface area contributed by atoms with Crippen LogP contribution in [0.4, 0.5) is 11.4 Å². The van der Waals surface area contributed by atoms with Gasteiger partial charge in [0.1, 0.15) is 0 Å². The summed E-state index contributed by atoms with van der Waals surface area (Å²) in [5, 5.41) is 4.37. The third kappa shape index (κ3) is 5.50. The van der Waals surface area contributed by atoms with Crippen LogP contribution in [0.3, 0.4) is 0 Å². The van der Waals surface area contributed by atoms with E-state index in [1.165, 1.54) is 16.7 Å². The first-order chi connectivity index (χ1) is 12.2. The molecule has 0 aliphatic carbocycles. The molecule has 3 rings (SSSR count). The van der Waals surface area contributed by atoms with Gasteiger partial charge >= 0.3 is 0 Å². The van der Waals surface area contributed by atoms with E-state index in [0.29, 0.717) is 0 Å². The highest BCUT2D eigenvalue weighted by Crippen LogP contribution is 2.22. The molecule has 0 aromatic heterocycles. The molecule has 3 aromatic carbocycles. The molecular formula is C22H22N2S. The van der Waals surface area contributed by atoms with Crippen LogP contribution in [0.25, 0.3) is 0 Å². The monoisotopic (exact) mass is 346 g/mol. The van der Waals surface area contributed by atoms with Crippen molar-refractivity contribution in [3.63, 3.8) is 0 Å². The highest BCUT2D eigenvalue weighted by Gasteiger charge is 2.04. The zero-order chi connectivity index (χ0) is 17.5. The fourth-order valence-electron chi connectivity index (χ4n) is 2.48. The van der Waals surface area contributed by atoms with Crippen LogP contribution in [0, 0.1) is 13.8 Å². The Morgan fingerprint density at radius 2 is 1.56 bits per heavy atom. The van der Waals surface area contributed by atoms with Crippen molar-refractivity contribution in [2.45, 2.75) is 19.6 Å². The molecule has 126 valence electrons. The van der Waals surface area contributed by atoms with Gasteiger partial charge in [0.15, 0.2) is 5.17 Å². The number of amidine groups is 1. The van der Waals surface area contributed by atoms with Gasteiger partial charge in [0.2, 0.25) is 0 Å². The van der Waals surface area contributed by atoms with Crippen molar-refractivity contribution in [1.82, 2.24) is 0 Å². The van der Waals surface area contributed by atoms with Crippen LogP contribution in [0.5, 0.6) is 0 Å². The van der Waals surface area contributed by atoms with Gasteiger partial charge in [-0.15, -0.1) is 0 Å². The van der Waals surface area contributed by atoms with Crippen LogP contribution in [-0.4, -0.2) is 5.17 Å². The summed E-state index contributed by atoms with van der Waals surface area (Å²) >= 11 is 1.71. The lowest BCUT2D eigenvalue weighted by atomic mass is 10.2. The maximum absolute atomic E-state index is 4.83. The Labute approximate surface area is 154 Å². The number of thioether (sulfide) groups is 1. The van der Waals surface area contributed by atoms with Crippen molar-refractivity contribution in [1.29, 1.82) is 0 Å². The van der Waals surface area contributed by atoms with E-state index >= 15 is 0 Å². The van der Waals surface area contributed by atoms with Crippen LogP contribution >= 0.6 is 11.8 Å². The van der Waals surface area contributed by atoms with Crippen molar-refractivity contribution < 1.29 is 0 Å². The van der Waals surface area contributed by atoms with Crippen molar-refractivity contribution in [3.8, 4) is 0 Å². The Morgan fingerprint density at radius 1 is 0.840 bits per heavy atom. The van der Waals surface area contributed by atoms with Gasteiger partial charge in [0.25, 0.3) is 0 Å². The number of nitrogens with one attached hydrogen (secondary N) is 1. The first-order valence-electron chi connectivity index (χ1n) is 8.35. The molecule has 0 saturated heterocycles. The normalized spacial score (nSPS) is 11.4. The van der Waals surface area contributed by atoms with Gasteiger partial charge in [-0.2, -0.15) is 0 Å². The van der Waals surface area contributed by atoms with E-state index in [-0.39, 0.29) is 0 Å². The van der Waals surface area contributed by atoms with E-state index in [2.05, 4.69) is 79.8 Å². The summed E-state index contributed by atoms with van der Waals surface area (Å²) < 4.78 is 0. The quantitative estimate of drug-likeness (QED) is 0.440. The van der Waals surface area contributed by atoms with E-state index in [0.717, 1.165) is 22.3 Å². The lowest BCUT2D eigenvalue weighted by Crippen LogP contribution is -2.08. The lowest BCUT2D eigenvalue weighted by Gasteiger charge is -2.11. The van der Waals surface area contributed by atoms with Gasteiger partial charge in [-0.3, -0.25) is 0 Å². The molecule has 0 aliphatic rings. The molecule has 0 radical (unpaired) electrons. The molecule has 3 heteroatoms. The van der Waals surface area contributed by atoms with Gasteiger partial charge < -0.3 is 5.32 Å². The second kappa shape index (κ2) is 8.54. The molecule has 0 heterocycles. The number of aliphatic imine (C=N–C) groups is 1. The van der Waals surface area contributed by atoms with Crippen LogP contribution in [0.1, 0.15) is 16.7 Å². The zero-order valence-electron chi connectivity index (χ0n) is 14.6. The molecule has 1 N–H and O–H groups in total. The molecule has 2 nitrogen and oxygen atoms in total. The van der Waals surface area contributed by atoms with Crippen molar-refractivity contribution in [2.75, 3.05) is 5.32 Å². The maximum Gasteiger partial charge on any atom is 0.166 e. The van der Waals surface area contributed by atoms with Gasteiger partial charge in [0.05, 0.1) is 5.69 Å². The fourth-order valence-corrected chi connectivity index (χ4v) is 3.34. The topological polar surface area (TPSA) is 24.4 Å². The Kier molecular flexibility index (Phi) is 5.91. The van der Waals surface area contributed by atoms with E-state index < -0.39 is 0 Å². The van der Waals surface area contributed by atoms with E-state index in [1.54, 1.807) is 11.8 Å². The number of rotatable bonds is 4. The summed E-state index contributed by atoms with van der Waals surface area (Å²) in [7, 11) is 0. The molecule has 0 spiro atoms. The van der Waals surface area contributed by atoms with E-state index in [9.17, 15) is 0 Å². The Morgan fingerprint density at radius 3 is 2.28 bits per heavy atom.